The SMILES string of the molecule is [N-]=[N+]=NC(O)(C1C2CC3CC(C2)CC1C3)C(F)(F)F. The molecule has 4 aliphatic carbocycles. The molecule has 0 aromatic carbocycles. The molecular weight excluding hydrogens is 259 g/mol. The van der Waals surface area contributed by atoms with Gasteiger partial charge >= 0.3 is 6.18 Å². The van der Waals surface area contributed by atoms with E-state index in [0.29, 0.717) is 11.8 Å². The van der Waals surface area contributed by atoms with E-state index in [4.69, 9.17) is 5.53 Å². The van der Waals surface area contributed by atoms with Gasteiger partial charge in [-0.3, -0.25) is 0 Å². The van der Waals surface area contributed by atoms with Crippen molar-refractivity contribution in [2.75, 3.05) is 0 Å². The lowest BCUT2D eigenvalue weighted by Crippen LogP contribution is -2.60. The van der Waals surface area contributed by atoms with Crippen molar-refractivity contribution in [3.8, 4) is 0 Å². The van der Waals surface area contributed by atoms with Crippen LogP contribution in [0, 0.1) is 29.6 Å². The van der Waals surface area contributed by atoms with Crippen molar-refractivity contribution in [1.82, 2.24) is 0 Å². The zero-order chi connectivity index (χ0) is 13.8. The molecule has 0 aromatic rings. The molecule has 4 bridgehead atoms. The van der Waals surface area contributed by atoms with E-state index >= 15 is 0 Å². The Bertz CT molecular complexity index is 404. The van der Waals surface area contributed by atoms with Gasteiger partial charge in [-0.2, -0.15) is 13.2 Å². The first-order valence-electron chi connectivity index (χ1n) is 6.70. The first kappa shape index (κ1) is 13.1. The van der Waals surface area contributed by atoms with Gasteiger partial charge in [-0.25, -0.2) is 0 Å². The highest BCUT2D eigenvalue weighted by atomic mass is 19.4. The Balaban J connectivity index is 1.98. The summed E-state index contributed by atoms with van der Waals surface area (Å²) in [7, 11) is 0. The fourth-order valence-electron chi connectivity index (χ4n) is 4.96. The number of halogens is 3. The molecule has 19 heavy (non-hydrogen) atoms. The second kappa shape index (κ2) is 4.03. The Morgan fingerprint density at radius 1 is 1.00 bits per heavy atom. The number of hydrogen-bond donors (Lipinski definition) is 1. The number of rotatable bonds is 2. The van der Waals surface area contributed by atoms with Crippen LogP contribution in [0.3, 0.4) is 0 Å². The molecule has 1 N–H and O–H groups in total. The molecule has 1 unspecified atom stereocenters. The third-order valence-electron chi connectivity index (χ3n) is 5.31. The molecule has 4 aliphatic rings. The van der Waals surface area contributed by atoms with Crippen LogP contribution in [0.1, 0.15) is 32.1 Å². The molecule has 0 amide bonds. The minimum atomic E-state index is -4.90. The molecule has 0 aliphatic heterocycles. The summed E-state index contributed by atoms with van der Waals surface area (Å²) in [5.74, 6) is -0.275. The van der Waals surface area contributed by atoms with E-state index in [0.717, 1.165) is 32.1 Å². The van der Waals surface area contributed by atoms with Crippen LogP contribution in [0.15, 0.2) is 5.11 Å². The molecule has 1 atom stereocenters. The number of azide groups is 1. The van der Waals surface area contributed by atoms with E-state index in [-0.39, 0.29) is 11.8 Å². The number of nitrogens with zero attached hydrogens (tertiary/aromatic N) is 3. The lowest BCUT2D eigenvalue weighted by Gasteiger charge is -2.57. The summed E-state index contributed by atoms with van der Waals surface area (Å²) in [5, 5.41) is 12.8. The Hall–Kier alpha value is -0.940. The largest absolute Gasteiger partial charge is 0.423 e. The number of hydrogen-bond acceptors (Lipinski definition) is 2. The average molecular weight is 275 g/mol. The van der Waals surface area contributed by atoms with Crippen molar-refractivity contribution in [2.45, 2.75) is 44.0 Å². The van der Waals surface area contributed by atoms with Crippen LogP contribution in [-0.2, 0) is 0 Å². The highest BCUT2D eigenvalue weighted by molar-refractivity contribution is 5.06. The van der Waals surface area contributed by atoms with Crippen LogP contribution >= 0.6 is 0 Å². The summed E-state index contributed by atoms with van der Waals surface area (Å²) < 4.78 is 39.5. The molecule has 0 spiro atoms. The molecule has 0 radical (unpaired) electrons. The minimum Gasteiger partial charge on any atom is -0.376 e. The summed E-state index contributed by atoms with van der Waals surface area (Å²) in [5.41, 5.74) is 5.19. The van der Waals surface area contributed by atoms with Crippen LogP contribution in [0.5, 0.6) is 0 Å². The quantitative estimate of drug-likeness (QED) is 0.466. The lowest BCUT2D eigenvalue weighted by molar-refractivity contribution is -0.302. The normalized spacial score (nSPS) is 43.7. The van der Waals surface area contributed by atoms with Gasteiger partial charge in [0.15, 0.2) is 0 Å². The summed E-state index contributed by atoms with van der Waals surface area (Å²) in [6, 6.07) is 0. The van der Waals surface area contributed by atoms with Crippen LogP contribution in [0.4, 0.5) is 13.2 Å². The molecule has 0 saturated heterocycles. The van der Waals surface area contributed by atoms with Gasteiger partial charge in [0.1, 0.15) is 0 Å². The summed E-state index contributed by atoms with van der Waals surface area (Å²) in [4.78, 5) is 2.26. The predicted molar refractivity (Wildman–Crippen MR) is 60.7 cm³/mol. The van der Waals surface area contributed by atoms with Gasteiger partial charge in [0.2, 0.25) is 5.72 Å². The number of alkyl halides is 3. The molecule has 4 fully saturated rings. The molecule has 0 aromatic heterocycles. The summed E-state index contributed by atoms with van der Waals surface area (Å²) in [6.45, 7) is 0. The van der Waals surface area contributed by atoms with E-state index in [9.17, 15) is 18.3 Å². The van der Waals surface area contributed by atoms with Gasteiger partial charge in [-0.05, 0) is 66.4 Å². The van der Waals surface area contributed by atoms with Crippen LogP contribution < -0.4 is 0 Å². The molecule has 4 saturated carbocycles. The lowest BCUT2D eigenvalue weighted by atomic mass is 9.50. The van der Waals surface area contributed by atoms with Crippen LogP contribution in [0.2, 0.25) is 0 Å². The number of aliphatic hydroxyl groups is 1. The Labute approximate surface area is 108 Å². The molecule has 106 valence electrons. The second-order valence-electron chi connectivity index (χ2n) is 6.37. The predicted octanol–water partition coefficient (Wildman–Crippen LogP) is 3.62. The zero-order valence-corrected chi connectivity index (χ0v) is 10.3. The van der Waals surface area contributed by atoms with Crippen LogP contribution in [-0.4, -0.2) is 17.0 Å². The van der Waals surface area contributed by atoms with Gasteiger partial charge in [-0.1, -0.05) is 0 Å². The van der Waals surface area contributed by atoms with Crippen molar-refractivity contribution in [3.05, 3.63) is 10.4 Å². The van der Waals surface area contributed by atoms with Gasteiger partial charge in [0.25, 0.3) is 0 Å². The van der Waals surface area contributed by atoms with E-state index in [1.54, 1.807) is 0 Å². The third-order valence-corrected chi connectivity index (χ3v) is 5.31. The zero-order valence-electron chi connectivity index (χ0n) is 10.3. The molecule has 0 heterocycles. The van der Waals surface area contributed by atoms with E-state index in [1.807, 2.05) is 0 Å². The summed E-state index contributed by atoms with van der Waals surface area (Å²) >= 11 is 0. The maximum Gasteiger partial charge on any atom is 0.423 e. The van der Waals surface area contributed by atoms with Crippen LogP contribution in [0.25, 0.3) is 10.4 Å². The average Bonchev–Trinajstić information content (AvgIpc) is 2.25. The molecule has 4 rings (SSSR count). The van der Waals surface area contributed by atoms with E-state index in [1.165, 1.54) is 0 Å². The molecular formula is C12H16F3N3O. The third kappa shape index (κ3) is 1.82. The maximum atomic E-state index is 13.2. The van der Waals surface area contributed by atoms with Crippen molar-refractivity contribution in [2.24, 2.45) is 34.7 Å². The van der Waals surface area contributed by atoms with E-state index in [2.05, 4.69) is 10.0 Å². The van der Waals surface area contributed by atoms with Crippen molar-refractivity contribution >= 4 is 0 Å². The maximum absolute atomic E-state index is 13.2. The monoisotopic (exact) mass is 275 g/mol. The second-order valence-corrected chi connectivity index (χ2v) is 6.37. The fourth-order valence-corrected chi connectivity index (χ4v) is 4.96. The van der Waals surface area contributed by atoms with E-state index < -0.39 is 17.8 Å². The summed E-state index contributed by atoms with van der Waals surface area (Å²) in [6.07, 6.45) is -0.854. The van der Waals surface area contributed by atoms with Gasteiger partial charge in [-0.15, -0.1) is 0 Å². The molecule has 4 nitrogen and oxygen atoms in total. The Morgan fingerprint density at radius 2 is 1.47 bits per heavy atom. The highest BCUT2D eigenvalue weighted by Crippen LogP contribution is 2.61. The van der Waals surface area contributed by atoms with Crippen molar-refractivity contribution in [1.29, 1.82) is 0 Å². The first-order valence-corrected chi connectivity index (χ1v) is 6.70. The van der Waals surface area contributed by atoms with Gasteiger partial charge in [0.05, 0.1) is 0 Å². The smallest absolute Gasteiger partial charge is 0.376 e. The minimum absolute atomic E-state index is 0.159. The fraction of sp³-hybridized carbons (Fsp3) is 1.00. The van der Waals surface area contributed by atoms with Crippen molar-refractivity contribution < 1.29 is 18.3 Å². The Morgan fingerprint density at radius 3 is 1.84 bits per heavy atom. The van der Waals surface area contributed by atoms with Crippen molar-refractivity contribution in [3.63, 3.8) is 0 Å². The first-order chi connectivity index (χ1) is 8.85. The highest BCUT2D eigenvalue weighted by Gasteiger charge is 2.65. The topological polar surface area (TPSA) is 69.0 Å². The Kier molecular flexibility index (Phi) is 2.77. The standard InChI is InChI=1S/C12H16F3N3O/c13-12(14,15)11(19,17-18-16)10-8-2-6-1-7(4-8)5-9(10)3-6/h6-10,19H,1-5H2. The molecule has 7 heteroatoms. The van der Waals surface area contributed by atoms with Gasteiger partial charge in [0, 0.05) is 10.8 Å². The van der Waals surface area contributed by atoms with Gasteiger partial charge < -0.3 is 5.11 Å².